The molecule has 3 aromatic rings. The summed E-state index contributed by atoms with van der Waals surface area (Å²) >= 11 is 5.87. The number of hydrogen-bond acceptors (Lipinski definition) is 5. The zero-order valence-electron chi connectivity index (χ0n) is 14.7. The second-order valence-corrected chi connectivity index (χ2v) is 7.77. The molecule has 0 aliphatic heterocycles. The molecule has 0 bridgehead atoms. The number of halogens is 1. The fourth-order valence-electron chi connectivity index (χ4n) is 2.46. The summed E-state index contributed by atoms with van der Waals surface area (Å²) < 4.78 is 39.6. The predicted molar refractivity (Wildman–Crippen MR) is 103 cm³/mol. The molecule has 0 radical (unpaired) electrons. The third kappa shape index (κ3) is 4.53. The van der Waals surface area contributed by atoms with Crippen LogP contribution in [-0.2, 0) is 16.6 Å². The maximum atomic E-state index is 12.6. The van der Waals surface area contributed by atoms with Crippen LogP contribution in [0, 0.1) is 0 Å². The molecule has 3 rings (SSSR count). The maximum absolute atomic E-state index is 12.6. The molecule has 7 nitrogen and oxygen atoms in total. The Bertz CT molecular complexity index is 1030. The van der Waals surface area contributed by atoms with E-state index in [2.05, 4.69) is 9.82 Å². The van der Waals surface area contributed by atoms with Crippen LogP contribution >= 0.6 is 11.6 Å². The summed E-state index contributed by atoms with van der Waals surface area (Å²) in [6, 6.07) is 13.3. The first-order chi connectivity index (χ1) is 12.9. The van der Waals surface area contributed by atoms with E-state index in [9.17, 15) is 8.42 Å². The fraction of sp³-hybridized carbons (Fsp3) is 0.167. The summed E-state index contributed by atoms with van der Waals surface area (Å²) in [6.45, 7) is 0.495. The molecular weight excluding hydrogens is 390 g/mol. The maximum Gasteiger partial charge on any atom is 0.263 e. The number of hydrogen-bond donors (Lipinski definition) is 1. The molecule has 0 saturated carbocycles. The number of methoxy groups -OCH3 is 2. The van der Waals surface area contributed by atoms with Gasteiger partial charge in [0.15, 0.2) is 17.3 Å². The van der Waals surface area contributed by atoms with Gasteiger partial charge in [0.1, 0.15) is 0 Å². The van der Waals surface area contributed by atoms with E-state index in [-0.39, 0.29) is 10.7 Å². The Morgan fingerprint density at radius 1 is 1.04 bits per heavy atom. The van der Waals surface area contributed by atoms with Gasteiger partial charge in [-0.2, -0.15) is 5.10 Å². The average Bonchev–Trinajstić information content (AvgIpc) is 3.09. The predicted octanol–water partition coefficient (Wildman–Crippen LogP) is 3.40. The molecule has 1 N–H and O–H groups in total. The van der Waals surface area contributed by atoms with Crippen LogP contribution in [0.2, 0.25) is 5.02 Å². The van der Waals surface area contributed by atoms with E-state index in [1.54, 1.807) is 29.1 Å². The van der Waals surface area contributed by atoms with Crippen molar-refractivity contribution >= 4 is 27.4 Å². The SMILES string of the molecule is COc1ccc(S(=O)(=O)Nc2ccn(Cc3ccc(Cl)cc3)n2)cc1OC. The van der Waals surface area contributed by atoms with Crippen LogP contribution in [0.5, 0.6) is 11.5 Å². The van der Waals surface area contributed by atoms with Crippen molar-refractivity contribution in [3.05, 3.63) is 65.3 Å². The van der Waals surface area contributed by atoms with E-state index in [1.165, 1.54) is 32.4 Å². The molecule has 0 atom stereocenters. The Hall–Kier alpha value is -2.71. The summed E-state index contributed by atoms with van der Waals surface area (Å²) in [4.78, 5) is 0.0485. The zero-order chi connectivity index (χ0) is 19.4. The lowest BCUT2D eigenvalue weighted by atomic mass is 10.2. The lowest BCUT2D eigenvalue weighted by Gasteiger charge is -2.10. The monoisotopic (exact) mass is 407 g/mol. The van der Waals surface area contributed by atoms with Crippen LogP contribution in [0.15, 0.2) is 59.6 Å². The molecule has 0 saturated heterocycles. The molecule has 27 heavy (non-hydrogen) atoms. The second-order valence-electron chi connectivity index (χ2n) is 5.65. The highest BCUT2D eigenvalue weighted by Crippen LogP contribution is 2.30. The first-order valence-corrected chi connectivity index (χ1v) is 9.80. The molecule has 9 heteroatoms. The summed E-state index contributed by atoms with van der Waals surface area (Å²) in [5, 5.41) is 4.91. The highest BCUT2D eigenvalue weighted by atomic mass is 35.5. The van der Waals surface area contributed by atoms with Gasteiger partial charge in [-0.25, -0.2) is 8.42 Å². The number of ether oxygens (including phenoxy) is 2. The summed E-state index contributed by atoms with van der Waals surface area (Å²) in [5.74, 6) is 0.996. The van der Waals surface area contributed by atoms with E-state index in [4.69, 9.17) is 21.1 Å². The molecular formula is C18H18ClN3O4S. The Morgan fingerprint density at radius 2 is 1.74 bits per heavy atom. The lowest BCUT2D eigenvalue weighted by molar-refractivity contribution is 0.354. The van der Waals surface area contributed by atoms with E-state index in [0.717, 1.165) is 5.56 Å². The normalized spacial score (nSPS) is 11.2. The van der Waals surface area contributed by atoms with Crippen molar-refractivity contribution in [3.63, 3.8) is 0 Å². The Kier molecular flexibility index (Phi) is 5.57. The molecule has 0 fully saturated rings. The van der Waals surface area contributed by atoms with Crippen molar-refractivity contribution < 1.29 is 17.9 Å². The third-order valence-corrected chi connectivity index (χ3v) is 5.41. The number of nitrogens with zero attached hydrogens (tertiary/aromatic N) is 2. The van der Waals surface area contributed by atoms with Gasteiger partial charge in [0, 0.05) is 23.4 Å². The molecule has 0 unspecified atom stereocenters. The van der Waals surface area contributed by atoms with Gasteiger partial charge in [-0.05, 0) is 29.8 Å². The number of benzene rings is 2. The minimum Gasteiger partial charge on any atom is -0.493 e. The lowest BCUT2D eigenvalue weighted by Crippen LogP contribution is -2.14. The van der Waals surface area contributed by atoms with Gasteiger partial charge in [0.25, 0.3) is 10.0 Å². The average molecular weight is 408 g/mol. The minimum absolute atomic E-state index is 0.0485. The highest BCUT2D eigenvalue weighted by molar-refractivity contribution is 7.92. The summed E-state index contributed by atoms with van der Waals surface area (Å²) in [6.07, 6.45) is 1.70. The Morgan fingerprint density at radius 3 is 2.41 bits per heavy atom. The minimum atomic E-state index is -3.81. The summed E-state index contributed by atoms with van der Waals surface area (Å²) in [7, 11) is -0.887. The quantitative estimate of drug-likeness (QED) is 0.649. The van der Waals surface area contributed by atoms with Crippen molar-refractivity contribution in [3.8, 4) is 11.5 Å². The van der Waals surface area contributed by atoms with Crippen molar-refractivity contribution in [1.29, 1.82) is 0 Å². The standard InChI is InChI=1S/C18H18ClN3O4S/c1-25-16-8-7-15(11-17(16)26-2)27(23,24)21-18-9-10-22(20-18)12-13-3-5-14(19)6-4-13/h3-11H,12H2,1-2H3,(H,20,21). The van der Waals surface area contributed by atoms with Gasteiger partial charge in [0.05, 0.1) is 25.7 Å². The van der Waals surface area contributed by atoms with Crippen LogP contribution in [0.4, 0.5) is 5.82 Å². The molecule has 0 aliphatic rings. The highest BCUT2D eigenvalue weighted by Gasteiger charge is 2.18. The van der Waals surface area contributed by atoms with Crippen LogP contribution < -0.4 is 14.2 Å². The fourth-order valence-corrected chi connectivity index (χ4v) is 3.60. The van der Waals surface area contributed by atoms with Crippen molar-refractivity contribution in [1.82, 2.24) is 9.78 Å². The first kappa shape index (κ1) is 19.1. The number of anilines is 1. The number of nitrogens with one attached hydrogen (secondary N) is 1. The molecule has 0 spiro atoms. The van der Waals surface area contributed by atoms with Crippen LogP contribution in [-0.4, -0.2) is 32.4 Å². The molecule has 142 valence electrons. The molecule has 0 aliphatic carbocycles. The van der Waals surface area contributed by atoms with Gasteiger partial charge in [-0.15, -0.1) is 0 Å². The van der Waals surface area contributed by atoms with Gasteiger partial charge in [-0.3, -0.25) is 9.40 Å². The molecule has 0 amide bonds. The van der Waals surface area contributed by atoms with Gasteiger partial charge >= 0.3 is 0 Å². The molecule has 1 heterocycles. The third-order valence-electron chi connectivity index (χ3n) is 3.80. The van der Waals surface area contributed by atoms with E-state index >= 15 is 0 Å². The Balaban J connectivity index is 1.76. The second kappa shape index (κ2) is 7.89. The van der Waals surface area contributed by atoms with E-state index < -0.39 is 10.0 Å². The van der Waals surface area contributed by atoms with Crippen LogP contribution in [0.1, 0.15) is 5.56 Å². The Labute approximate surface area is 162 Å². The van der Waals surface area contributed by atoms with Gasteiger partial charge < -0.3 is 9.47 Å². The number of sulfonamides is 1. The van der Waals surface area contributed by atoms with Crippen LogP contribution in [0.3, 0.4) is 0 Å². The van der Waals surface area contributed by atoms with Crippen LogP contribution in [0.25, 0.3) is 0 Å². The van der Waals surface area contributed by atoms with Crippen molar-refractivity contribution in [2.45, 2.75) is 11.4 Å². The van der Waals surface area contributed by atoms with E-state index in [1.807, 2.05) is 12.1 Å². The smallest absolute Gasteiger partial charge is 0.263 e. The number of rotatable bonds is 7. The summed E-state index contributed by atoms with van der Waals surface area (Å²) in [5.41, 5.74) is 0.997. The molecule has 2 aromatic carbocycles. The largest absolute Gasteiger partial charge is 0.493 e. The number of aromatic nitrogens is 2. The zero-order valence-corrected chi connectivity index (χ0v) is 16.3. The van der Waals surface area contributed by atoms with Gasteiger partial charge in [-0.1, -0.05) is 23.7 Å². The van der Waals surface area contributed by atoms with E-state index in [0.29, 0.717) is 23.1 Å². The topological polar surface area (TPSA) is 82.5 Å². The first-order valence-electron chi connectivity index (χ1n) is 7.94. The van der Waals surface area contributed by atoms with Gasteiger partial charge in [0.2, 0.25) is 0 Å². The van der Waals surface area contributed by atoms with Crippen molar-refractivity contribution in [2.24, 2.45) is 0 Å². The molecule has 1 aromatic heterocycles. The van der Waals surface area contributed by atoms with Crippen molar-refractivity contribution in [2.75, 3.05) is 18.9 Å².